The second kappa shape index (κ2) is 11.2. The Morgan fingerprint density at radius 2 is 1.71 bits per heavy atom. The summed E-state index contributed by atoms with van der Waals surface area (Å²) in [7, 11) is 3.01. The Morgan fingerprint density at radius 3 is 2.41 bits per heavy atom. The molecule has 2 aromatic carbocycles. The number of carbonyl (C=O) groups excluding carboxylic acids is 2. The van der Waals surface area contributed by atoms with Gasteiger partial charge in [-0.3, -0.25) is 29.8 Å². The maximum Gasteiger partial charge on any atom is 0.261 e. The first-order valence-electron chi connectivity index (χ1n) is 10.8. The molecule has 0 spiro atoms. The molecule has 0 fully saturated rings. The van der Waals surface area contributed by atoms with E-state index < -0.39 is 0 Å². The number of hydrogen-bond donors (Lipinski definition) is 3. The number of rotatable bonds is 9. The molecule has 180 valence electrons. The van der Waals surface area contributed by atoms with Crippen LogP contribution < -0.4 is 31.2 Å². The van der Waals surface area contributed by atoms with Crippen LogP contribution in [0.15, 0.2) is 41.5 Å². The Balaban J connectivity index is 1.47. The molecule has 10 heteroatoms. The quantitative estimate of drug-likeness (QED) is 0.412. The molecule has 3 rings (SSSR count). The summed E-state index contributed by atoms with van der Waals surface area (Å²) in [5, 5.41) is 3.44. The molecule has 0 bridgehead atoms. The van der Waals surface area contributed by atoms with E-state index in [0.717, 1.165) is 16.8 Å². The van der Waals surface area contributed by atoms with Crippen LogP contribution in [0.3, 0.4) is 0 Å². The molecule has 0 saturated carbocycles. The minimum atomic E-state index is -0.368. The second-order valence-corrected chi connectivity index (χ2v) is 7.84. The monoisotopic (exact) mass is 467 g/mol. The zero-order chi connectivity index (χ0) is 24.7. The van der Waals surface area contributed by atoms with Crippen LogP contribution in [0.2, 0.25) is 0 Å². The average Bonchev–Trinajstić information content (AvgIpc) is 2.82. The van der Waals surface area contributed by atoms with Crippen LogP contribution in [-0.2, 0) is 16.1 Å². The standard InChI is InChI=1S/C24H29N5O5/c1-15-7-8-18(16(2)10-15)25-13-23(31)28-27-22(30)6-5-9-29-14-26-19-12-21(34-4)20(33-3)11-17(19)24(29)32/h7-8,10-12,14,25H,5-6,9,13H2,1-4H3,(H,27,30)(H,28,31). The zero-order valence-electron chi connectivity index (χ0n) is 19.7. The topological polar surface area (TPSA) is 124 Å². The van der Waals surface area contributed by atoms with E-state index >= 15 is 0 Å². The third-order valence-corrected chi connectivity index (χ3v) is 5.29. The van der Waals surface area contributed by atoms with Gasteiger partial charge in [-0.15, -0.1) is 0 Å². The van der Waals surface area contributed by atoms with Crippen molar-refractivity contribution in [1.82, 2.24) is 20.4 Å². The number of hydrazine groups is 1. The average molecular weight is 468 g/mol. The minimum absolute atomic E-state index is 0.0244. The van der Waals surface area contributed by atoms with Crippen molar-refractivity contribution in [3.63, 3.8) is 0 Å². The lowest BCUT2D eigenvalue weighted by Crippen LogP contribution is -2.44. The van der Waals surface area contributed by atoms with E-state index in [9.17, 15) is 14.4 Å². The molecule has 1 heterocycles. The molecular weight excluding hydrogens is 438 g/mol. The number of ether oxygens (including phenoxy) is 2. The first-order chi connectivity index (χ1) is 16.3. The fourth-order valence-electron chi connectivity index (χ4n) is 3.49. The molecule has 0 aliphatic rings. The fourth-order valence-corrected chi connectivity index (χ4v) is 3.49. The van der Waals surface area contributed by atoms with Crippen molar-refractivity contribution in [3.05, 3.63) is 58.1 Å². The van der Waals surface area contributed by atoms with Crippen molar-refractivity contribution < 1.29 is 19.1 Å². The Kier molecular flexibility index (Phi) is 8.07. The molecule has 1 aromatic heterocycles. The van der Waals surface area contributed by atoms with Crippen LogP contribution in [0.25, 0.3) is 10.9 Å². The van der Waals surface area contributed by atoms with Crippen molar-refractivity contribution in [2.75, 3.05) is 26.1 Å². The van der Waals surface area contributed by atoms with Crippen LogP contribution >= 0.6 is 0 Å². The Bertz CT molecular complexity index is 1250. The van der Waals surface area contributed by atoms with Crippen LogP contribution in [0.5, 0.6) is 11.5 Å². The van der Waals surface area contributed by atoms with E-state index in [1.165, 1.54) is 25.1 Å². The predicted octanol–water partition coefficient (Wildman–Crippen LogP) is 2.07. The van der Waals surface area contributed by atoms with Crippen molar-refractivity contribution in [3.8, 4) is 11.5 Å². The molecule has 3 N–H and O–H groups in total. The third-order valence-electron chi connectivity index (χ3n) is 5.29. The van der Waals surface area contributed by atoms with Gasteiger partial charge in [-0.05, 0) is 38.0 Å². The number of fused-ring (bicyclic) bond motifs is 1. The van der Waals surface area contributed by atoms with E-state index in [1.807, 2.05) is 32.0 Å². The molecule has 0 aliphatic carbocycles. The van der Waals surface area contributed by atoms with Crippen LogP contribution in [0.1, 0.15) is 24.0 Å². The fraction of sp³-hybridized carbons (Fsp3) is 0.333. The van der Waals surface area contributed by atoms with Crippen LogP contribution in [-0.4, -0.2) is 42.1 Å². The van der Waals surface area contributed by atoms with Gasteiger partial charge < -0.3 is 14.8 Å². The Hall–Kier alpha value is -4.08. The second-order valence-electron chi connectivity index (χ2n) is 7.84. The SMILES string of the molecule is COc1cc2ncn(CCCC(=O)NNC(=O)CNc3ccc(C)cc3C)c(=O)c2cc1OC. The minimum Gasteiger partial charge on any atom is -0.493 e. The van der Waals surface area contributed by atoms with Gasteiger partial charge >= 0.3 is 0 Å². The summed E-state index contributed by atoms with van der Waals surface area (Å²) in [4.78, 5) is 41.2. The highest BCUT2D eigenvalue weighted by atomic mass is 16.5. The summed E-state index contributed by atoms with van der Waals surface area (Å²) >= 11 is 0. The van der Waals surface area contributed by atoms with Gasteiger partial charge in [0.15, 0.2) is 11.5 Å². The predicted molar refractivity (Wildman–Crippen MR) is 129 cm³/mol. The number of benzene rings is 2. The highest BCUT2D eigenvalue weighted by Gasteiger charge is 2.12. The summed E-state index contributed by atoms with van der Waals surface area (Å²) < 4.78 is 11.9. The Labute approximate surface area is 197 Å². The molecule has 2 amide bonds. The normalized spacial score (nSPS) is 10.6. The molecule has 3 aromatic rings. The summed E-state index contributed by atoms with van der Waals surface area (Å²) in [6, 6.07) is 9.12. The zero-order valence-corrected chi connectivity index (χ0v) is 19.7. The lowest BCUT2D eigenvalue weighted by molar-refractivity contribution is -0.128. The number of hydrogen-bond acceptors (Lipinski definition) is 7. The van der Waals surface area contributed by atoms with E-state index in [0.29, 0.717) is 35.4 Å². The van der Waals surface area contributed by atoms with Crippen molar-refractivity contribution >= 4 is 28.4 Å². The van der Waals surface area contributed by atoms with Gasteiger partial charge in [-0.1, -0.05) is 17.7 Å². The summed E-state index contributed by atoms with van der Waals surface area (Å²) in [5.74, 6) is 0.206. The number of methoxy groups -OCH3 is 2. The molecule has 0 unspecified atom stereocenters. The van der Waals surface area contributed by atoms with Gasteiger partial charge in [0, 0.05) is 24.7 Å². The van der Waals surface area contributed by atoms with Crippen LogP contribution in [0, 0.1) is 13.8 Å². The number of carbonyl (C=O) groups is 2. The molecule has 0 atom stereocenters. The summed E-state index contributed by atoms with van der Waals surface area (Å²) in [6.07, 6.45) is 1.96. The lowest BCUT2D eigenvalue weighted by Gasteiger charge is -2.12. The Morgan fingerprint density at radius 1 is 1.00 bits per heavy atom. The summed E-state index contributed by atoms with van der Waals surface area (Å²) in [5.41, 5.74) is 8.06. The largest absolute Gasteiger partial charge is 0.493 e. The van der Waals surface area contributed by atoms with Gasteiger partial charge in [-0.25, -0.2) is 4.98 Å². The number of aromatic nitrogens is 2. The number of aryl methyl sites for hydroxylation is 3. The maximum atomic E-state index is 12.8. The van der Waals surface area contributed by atoms with E-state index in [1.54, 1.807) is 12.1 Å². The number of amides is 2. The molecule has 0 aliphatic heterocycles. The summed E-state index contributed by atoms with van der Waals surface area (Å²) in [6.45, 7) is 4.28. The molecule has 0 saturated heterocycles. The third kappa shape index (κ3) is 6.03. The highest BCUT2D eigenvalue weighted by molar-refractivity contribution is 5.84. The van der Waals surface area contributed by atoms with Crippen molar-refractivity contribution in [2.45, 2.75) is 33.2 Å². The lowest BCUT2D eigenvalue weighted by atomic mass is 10.1. The molecule has 34 heavy (non-hydrogen) atoms. The molecule has 10 nitrogen and oxygen atoms in total. The highest BCUT2D eigenvalue weighted by Crippen LogP contribution is 2.29. The van der Waals surface area contributed by atoms with E-state index in [2.05, 4.69) is 21.2 Å². The van der Waals surface area contributed by atoms with Gasteiger partial charge in [0.05, 0.1) is 38.0 Å². The smallest absolute Gasteiger partial charge is 0.261 e. The van der Waals surface area contributed by atoms with E-state index in [-0.39, 0.29) is 30.3 Å². The first-order valence-corrected chi connectivity index (χ1v) is 10.8. The van der Waals surface area contributed by atoms with Gasteiger partial charge in [0.2, 0.25) is 5.91 Å². The number of anilines is 1. The first kappa shape index (κ1) is 24.6. The maximum absolute atomic E-state index is 12.8. The van der Waals surface area contributed by atoms with E-state index in [4.69, 9.17) is 9.47 Å². The number of nitrogens with zero attached hydrogens (tertiary/aromatic N) is 2. The molecular formula is C24H29N5O5. The van der Waals surface area contributed by atoms with Crippen LogP contribution in [0.4, 0.5) is 5.69 Å². The number of nitrogens with one attached hydrogen (secondary N) is 3. The van der Waals surface area contributed by atoms with Gasteiger partial charge in [0.1, 0.15) is 0 Å². The molecule has 0 radical (unpaired) electrons. The van der Waals surface area contributed by atoms with Crippen molar-refractivity contribution in [1.29, 1.82) is 0 Å². The van der Waals surface area contributed by atoms with Crippen molar-refractivity contribution in [2.24, 2.45) is 0 Å². The van der Waals surface area contributed by atoms with Gasteiger partial charge in [0.25, 0.3) is 11.5 Å². The van der Waals surface area contributed by atoms with Gasteiger partial charge in [-0.2, -0.15) is 0 Å².